The van der Waals surface area contributed by atoms with Gasteiger partial charge in [0, 0.05) is 18.4 Å². The van der Waals surface area contributed by atoms with Gasteiger partial charge in [-0.3, -0.25) is 4.79 Å². The average Bonchev–Trinajstić information content (AvgIpc) is 2.62. The van der Waals surface area contributed by atoms with Crippen molar-refractivity contribution in [3.05, 3.63) is 35.7 Å². The molecule has 1 aromatic rings. The predicted molar refractivity (Wildman–Crippen MR) is 105 cm³/mol. The maximum Gasteiger partial charge on any atom is 0.263 e. The second-order valence-corrected chi connectivity index (χ2v) is 9.01. The number of aryl methyl sites for hydroxylation is 1. The summed E-state index contributed by atoms with van der Waals surface area (Å²) in [5.74, 6) is 2.86. The predicted octanol–water partition coefficient (Wildman–Crippen LogP) is 3.93. The quantitative estimate of drug-likeness (QED) is 0.613. The van der Waals surface area contributed by atoms with Crippen LogP contribution in [0, 0.1) is 41.4 Å². The van der Waals surface area contributed by atoms with Crippen molar-refractivity contribution in [2.75, 3.05) is 5.32 Å². The van der Waals surface area contributed by atoms with E-state index in [0.29, 0.717) is 5.82 Å². The van der Waals surface area contributed by atoms with Crippen molar-refractivity contribution in [1.82, 2.24) is 10.3 Å². The molecule has 1 heterocycles. The van der Waals surface area contributed by atoms with E-state index in [-0.39, 0.29) is 22.9 Å². The smallest absolute Gasteiger partial charge is 0.263 e. The number of amides is 1. The van der Waals surface area contributed by atoms with E-state index in [1.165, 1.54) is 44.7 Å². The Balaban J connectivity index is 1.42. The maximum atomic E-state index is 12.7. The molecule has 0 saturated heterocycles. The lowest BCUT2D eigenvalue weighted by molar-refractivity contribution is -0.122. The topological polar surface area (TPSA) is 77.8 Å². The van der Waals surface area contributed by atoms with Crippen LogP contribution in [-0.2, 0) is 4.79 Å². The molecule has 0 aromatic carbocycles. The molecular formula is C22H28N4O. The minimum atomic E-state index is -0.291. The maximum absolute atomic E-state index is 12.7. The van der Waals surface area contributed by atoms with Crippen molar-refractivity contribution in [3.8, 4) is 6.07 Å². The normalized spacial score (nSPS) is 32.6. The van der Waals surface area contributed by atoms with Gasteiger partial charge >= 0.3 is 0 Å². The summed E-state index contributed by atoms with van der Waals surface area (Å²) in [5, 5.41) is 15.5. The molecule has 1 aromatic heterocycles. The Morgan fingerprint density at radius 2 is 1.89 bits per heavy atom. The Morgan fingerprint density at radius 1 is 1.26 bits per heavy atom. The third kappa shape index (κ3) is 3.58. The number of hydrogen-bond donors (Lipinski definition) is 2. The van der Waals surface area contributed by atoms with Gasteiger partial charge in [0.25, 0.3) is 5.91 Å². The Hall–Kier alpha value is -2.35. The highest BCUT2D eigenvalue weighted by atomic mass is 16.1. The van der Waals surface area contributed by atoms with E-state index in [1.807, 2.05) is 25.1 Å². The number of nitrogens with zero attached hydrogens (tertiary/aromatic N) is 2. The van der Waals surface area contributed by atoms with Crippen molar-refractivity contribution in [2.45, 2.75) is 58.4 Å². The van der Waals surface area contributed by atoms with E-state index in [4.69, 9.17) is 0 Å². The van der Waals surface area contributed by atoms with E-state index in [1.54, 1.807) is 6.20 Å². The first-order valence-corrected chi connectivity index (χ1v) is 10.1. The lowest BCUT2D eigenvalue weighted by atomic mass is 9.48. The van der Waals surface area contributed by atoms with Gasteiger partial charge in [-0.1, -0.05) is 6.07 Å². The first kappa shape index (κ1) is 18.0. The molecule has 142 valence electrons. The molecule has 4 aliphatic rings. The van der Waals surface area contributed by atoms with Crippen LogP contribution >= 0.6 is 0 Å². The molecule has 4 bridgehead atoms. The second-order valence-electron chi connectivity index (χ2n) is 9.01. The number of nitriles is 1. The van der Waals surface area contributed by atoms with E-state index in [0.717, 1.165) is 23.3 Å². The van der Waals surface area contributed by atoms with Crippen molar-refractivity contribution in [3.63, 3.8) is 0 Å². The summed E-state index contributed by atoms with van der Waals surface area (Å²) in [5.41, 5.74) is 1.39. The van der Waals surface area contributed by atoms with Gasteiger partial charge in [0.2, 0.25) is 0 Å². The second kappa shape index (κ2) is 6.99. The third-order valence-corrected chi connectivity index (χ3v) is 6.99. The zero-order valence-corrected chi connectivity index (χ0v) is 16.2. The standard InChI is InChI=1S/C22H28N4O/c1-14-3-4-20(24-12-14)25-13-19(11-23)21(27)26-15(2)22-8-16-5-17(9-22)7-18(6-16)10-22/h3-4,12-13,15-18H,5-10H2,1-2H3,(H,24,25)(H,26,27)/b19-13-. The largest absolute Gasteiger partial charge is 0.348 e. The number of pyridine rings is 1. The van der Waals surface area contributed by atoms with Crippen molar-refractivity contribution in [1.29, 1.82) is 5.26 Å². The number of anilines is 1. The fourth-order valence-corrected chi connectivity index (χ4v) is 5.98. The third-order valence-electron chi connectivity index (χ3n) is 6.99. The van der Waals surface area contributed by atoms with E-state index >= 15 is 0 Å². The molecule has 4 fully saturated rings. The van der Waals surface area contributed by atoms with Crippen LogP contribution in [0.5, 0.6) is 0 Å². The van der Waals surface area contributed by atoms with Crippen LogP contribution in [0.25, 0.3) is 0 Å². The van der Waals surface area contributed by atoms with Gasteiger partial charge in [-0.2, -0.15) is 5.26 Å². The Bertz CT molecular complexity index is 754. The van der Waals surface area contributed by atoms with Gasteiger partial charge in [-0.15, -0.1) is 0 Å². The molecule has 0 aliphatic heterocycles. The summed E-state index contributed by atoms with van der Waals surface area (Å²) in [6.07, 6.45) is 11.1. The molecule has 5 rings (SSSR count). The van der Waals surface area contributed by atoms with Crippen LogP contribution in [0.1, 0.15) is 51.0 Å². The monoisotopic (exact) mass is 364 g/mol. The molecule has 0 radical (unpaired) electrons. The Kier molecular flexibility index (Phi) is 4.67. The lowest BCUT2D eigenvalue weighted by Gasteiger charge is -2.59. The van der Waals surface area contributed by atoms with Gasteiger partial charge in [-0.25, -0.2) is 4.98 Å². The summed E-state index contributed by atoms with van der Waals surface area (Å²) in [7, 11) is 0. The van der Waals surface area contributed by atoms with Crippen molar-refractivity contribution >= 4 is 11.7 Å². The zero-order chi connectivity index (χ0) is 19.0. The number of carbonyl (C=O) groups is 1. The summed E-state index contributed by atoms with van der Waals surface area (Å²) >= 11 is 0. The molecule has 5 nitrogen and oxygen atoms in total. The van der Waals surface area contributed by atoms with Gasteiger partial charge in [0.15, 0.2) is 0 Å². The number of nitrogens with one attached hydrogen (secondary N) is 2. The van der Waals surface area contributed by atoms with E-state index < -0.39 is 0 Å². The molecular weight excluding hydrogens is 336 g/mol. The molecule has 0 spiro atoms. The summed E-state index contributed by atoms with van der Waals surface area (Å²) in [6, 6.07) is 5.89. The van der Waals surface area contributed by atoms with Crippen molar-refractivity contribution in [2.24, 2.45) is 23.2 Å². The van der Waals surface area contributed by atoms with Crippen LogP contribution in [-0.4, -0.2) is 16.9 Å². The molecule has 27 heavy (non-hydrogen) atoms. The van der Waals surface area contributed by atoms with Crippen LogP contribution < -0.4 is 10.6 Å². The summed E-state index contributed by atoms with van der Waals surface area (Å²) < 4.78 is 0. The van der Waals surface area contributed by atoms with Crippen LogP contribution in [0.15, 0.2) is 30.1 Å². The summed E-state index contributed by atoms with van der Waals surface area (Å²) in [6.45, 7) is 4.10. The van der Waals surface area contributed by atoms with Crippen molar-refractivity contribution < 1.29 is 4.79 Å². The number of aromatic nitrogens is 1. The van der Waals surface area contributed by atoms with Crippen LogP contribution in [0.3, 0.4) is 0 Å². The average molecular weight is 364 g/mol. The Morgan fingerprint density at radius 3 is 2.41 bits per heavy atom. The van der Waals surface area contributed by atoms with Crippen LogP contribution in [0.2, 0.25) is 0 Å². The number of carbonyl (C=O) groups excluding carboxylic acids is 1. The highest BCUT2D eigenvalue weighted by Gasteiger charge is 2.53. The van der Waals surface area contributed by atoms with Gasteiger partial charge in [-0.05, 0) is 87.2 Å². The number of hydrogen-bond acceptors (Lipinski definition) is 4. The molecule has 5 heteroatoms. The fraction of sp³-hybridized carbons (Fsp3) is 0.591. The fourth-order valence-electron chi connectivity index (χ4n) is 5.98. The number of rotatable bonds is 5. The molecule has 1 unspecified atom stereocenters. The lowest BCUT2D eigenvalue weighted by Crippen LogP contribution is -2.56. The Labute approximate surface area is 161 Å². The molecule has 1 atom stereocenters. The zero-order valence-electron chi connectivity index (χ0n) is 16.2. The minimum Gasteiger partial charge on any atom is -0.348 e. The molecule has 4 saturated carbocycles. The first-order chi connectivity index (χ1) is 13.0. The summed E-state index contributed by atoms with van der Waals surface area (Å²) in [4.78, 5) is 16.9. The molecule has 4 aliphatic carbocycles. The molecule has 2 N–H and O–H groups in total. The van der Waals surface area contributed by atoms with E-state index in [2.05, 4.69) is 22.5 Å². The van der Waals surface area contributed by atoms with Gasteiger partial charge in [0.05, 0.1) is 0 Å². The first-order valence-electron chi connectivity index (χ1n) is 10.1. The van der Waals surface area contributed by atoms with Gasteiger partial charge in [0.1, 0.15) is 17.5 Å². The highest BCUT2D eigenvalue weighted by molar-refractivity contribution is 5.97. The van der Waals surface area contributed by atoms with Crippen LogP contribution in [0.4, 0.5) is 5.82 Å². The minimum absolute atomic E-state index is 0.0916. The van der Waals surface area contributed by atoms with Gasteiger partial charge < -0.3 is 10.6 Å². The molecule has 1 amide bonds. The highest BCUT2D eigenvalue weighted by Crippen LogP contribution is 2.61. The SMILES string of the molecule is Cc1ccc(N/C=C(/C#N)C(=O)NC(C)C23CC4CC(CC(C4)C2)C3)nc1. The van der Waals surface area contributed by atoms with E-state index in [9.17, 15) is 10.1 Å².